The first kappa shape index (κ1) is 26.2. The minimum Gasteiger partial charge on any atom is -0.481 e. The summed E-state index contributed by atoms with van der Waals surface area (Å²) >= 11 is 0. The molecule has 35 heavy (non-hydrogen) atoms. The van der Waals surface area contributed by atoms with Gasteiger partial charge in [-0.2, -0.15) is 0 Å². The molecule has 0 saturated carbocycles. The van der Waals surface area contributed by atoms with Gasteiger partial charge in [0.15, 0.2) is 0 Å². The number of aliphatic hydroxyl groups is 1. The lowest BCUT2D eigenvalue weighted by molar-refractivity contribution is -0.142. The van der Waals surface area contributed by atoms with Gasteiger partial charge in [-0.3, -0.25) is 9.59 Å². The van der Waals surface area contributed by atoms with E-state index in [4.69, 9.17) is 9.84 Å². The second kappa shape index (κ2) is 11.8. The molecule has 2 aromatic rings. The number of carbonyl (C=O) groups is 3. The smallest absolute Gasteiger partial charge is 0.407 e. The summed E-state index contributed by atoms with van der Waals surface area (Å²) in [6.45, 7) is 3.37. The Morgan fingerprint density at radius 1 is 1.06 bits per heavy atom. The fourth-order valence-electron chi connectivity index (χ4n) is 4.46. The van der Waals surface area contributed by atoms with Gasteiger partial charge in [0.25, 0.3) is 0 Å². The molecule has 3 rings (SSSR count). The van der Waals surface area contributed by atoms with E-state index in [0.29, 0.717) is 6.42 Å². The van der Waals surface area contributed by atoms with Crippen molar-refractivity contribution in [1.82, 2.24) is 10.6 Å². The van der Waals surface area contributed by atoms with E-state index in [1.807, 2.05) is 31.2 Å². The van der Waals surface area contributed by atoms with E-state index in [2.05, 4.69) is 34.9 Å². The van der Waals surface area contributed by atoms with Crippen molar-refractivity contribution in [1.29, 1.82) is 0 Å². The Bertz CT molecular complexity index is 1010. The maximum absolute atomic E-state index is 12.6. The predicted molar refractivity (Wildman–Crippen MR) is 132 cm³/mol. The largest absolute Gasteiger partial charge is 0.481 e. The Morgan fingerprint density at radius 2 is 1.66 bits per heavy atom. The third-order valence-corrected chi connectivity index (χ3v) is 6.20. The van der Waals surface area contributed by atoms with Gasteiger partial charge < -0.3 is 25.6 Å². The van der Waals surface area contributed by atoms with E-state index < -0.39 is 30.1 Å². The number of carbonyl (C=O) groups excluding carboxylic acids is 2. The molecule has 188 valence electrons. The van der Waals surface area contributed by atoms with E-state index in [0.717, 1.165) is 35.1 Å². The molecule has 0 radical (unpaired) electrons. The number of carboxylic acids is 1. The zero-order valence-corrected chi connectivity index (χ0v) is 20.3. The molecule has 0 aliphatic heterocycles. The van der Waals surface area contributed by atoms with E-state index in [-0.39, 0.29) is 31.4 Å². The summed E-state index contributed by atoms with van der Waals surface area (Å²) in [5.41, 5.74) is 2.98. The van der Waals surface area contributed by atoms with Crippen LogP contribution in [0.5, 0.6) is 0 Å². The number of benzene rings is 2. The number of amides is 2. The topological polar surface area (TPSA) is 125 Å². The van der Waals surface area contributed by atoms with Crippen LogP contribution in [-0.2, 0) is 14.3 Å². The number of rotatable bonds is 12. The molecule has 0 aromatic heterocycles. The van der Waals surface area contributed by atoms with E-state index >= 15 is 0 Å². The maximum atomic E-state index is 12.6. The molecule has 0 saturated heterocycles. The molecule has 0 bridgehead atoms. The number of hydrogen-bond donors (Lipinski definition) is 4. The number of fused-ring (bicyclic) bond motifs is 3. The molecule has 0 fully saturated rings. The summed E-state index contributed by atoms with van der Waals surface area (Å²) in [4.78, 5) is 35.9. The van der Waals surface area contributed by atoms with Crippen LogP contribution in [0, 0.1) is 0 Å². The predicted octanol–water partition coefficient (Wildman–Crippen LogP) is 3.82. The van der Waals surface area contributed by atoms with Crippen LogP contribution in [-0.4, -0.2) is 53.0 Å². The number of alkyl carbamates (subject to hydrolysis) is 1. The molecular formula is C27H34N2O6. The average molecular weight is 483 g/mol. The van der Waals surface area contributed by atoms with Gasteiger partial charge in [-0.05, 0) is 35.6 Å². The van der Waals surface area contributed by atoms with Gasteiger partial charge in [-0.1, -0.05) is 68.3 Å². The Kier molecular flexibility index (Phi) is 8.87. The normalized spacial score (nSPS) is 14.8. The minimum absolute atomic E-state index is 0.00729. The second-order valence-electron chi connectivity index (χ2n) is 9.36. The van der Waals surface area contributed by atoms with Crippen molar-refractivity contribution < 1.29 is 29.3 Å². The van der Waals surface area contributed by atoms with Crippen LogP contribution in [0.15, 0.2) is 48.5 Å². The number of aliphatic carboxylic acids is 1. The molecule has 4 N–H and O–H groups in total. The molecule has 1 unspecified atom stereocenters. The SMILES string of the molecule is CCCC[C@H](CC(=O)NCC(C)(O)CC(=O)O)NC(=O)OCC1c2ccccc2-c2ccccc21. The van der Waals surface area contributed by atoms with Gasteiger partial charge >= 0.3 is 12.1 Å². The Hall–Kier alpha value is -3.39. The first-order chi connectivity index (χ1) is 16.7. The van der Waals surface area contributed by atoms with E-state index in [9.17, 15) is 19.5 Å². The van der Waals surface area contributed by atoms with E-state index in [1.54, 1.807) is 0 Å². The summed E-state index contributed by atoms with van der Waals surface area (Å²) in [5.74, 6) is -1.58. The highest BCUT2D eigenvalue weighted by molar-refractivity contribution is 5.79. The number of ether oxygens (including phenoxy) is 1. The molecular weight excluding hydrogens is 448 g/mol. The van der Waals surface area contributed by atoms with Gasteiger partial charge in [0, 0.05) is 24.9 Å². The quantitative estimate of drug-likeness (QED) is 0.365. The lowest BCUT2D eigenvalue weighted by Crippen LogP contribution is -2.45. The summed E-state index contributed by atoms with van der Waals surface area (Å²) in [6.07, 6.45) is 1.26. The number of nitrogens with one attached hydrogen (secondary N) is 2. The van der Waals surface area contributed by atoms with Crippen molar-refractivity contribution in [2.24, 2.45) is 0 Å². The van der Waals surface area contributed by atoms with Gasteiger partial charge in [-0.25, -0.2) is 4.79 Å². The number of hydrogen-bond acceptors (Lipinski definition) is 5. The zero-order chi connectivity index (χ0) is 25.4. The molecule has 0 spiro atoms. The summed E-state index contributed by atoms with van der Waals surface area (Å²) in [7, 11) is 0. The first-order valence-corrected chi connectivity index (χ1v) is 12.0. The van der Waals surface area contributed by atoms with Crippen LogP contribution >= 0.6 is 0 Å². The monoisotopic (exact) mass is 482 g/mol. The van der Waals surface area contributed by atoms with Crippen molar-refractivity contribution in [3.05, 3.63) is 59.7 Å². The zero-order valence-electron chi connectivity index (χ0n) is 20.3. The maximum Gasteiger partial charge on any atom is 0.407 e. The van der Waals surface area contributed by atoms with Crippen LogP contribution in [0.3, 0.4) is 0 Å². The third kappa shape index (κ3) is 7.29. The molecule has 1 aliphatic rings. The minimum atomic E-state index is -1.55. The van der Waals surface area contributed by atoms with Crippen LogP contribution in [0.2, 0.25) is 0 Å². The summed E-state index contributed by atoms with van der Waals surface area (Å²) < 4.78 is 5.60. The van der Waals surface area contributed by atoms with Crippen molar-refractivity contribution in [3.8, 4) is 11.1 Å². The first-order valence-electron chi connectivity index (χ1n) is 12.0. The third-order valence-electron chi connectivity index (χ3n) is 6.20. The van der Waals surface area contributed by atoms with Gasteiger partial charge in [0.1, 0.15) is 6.61 Å². The number of unbranched alkanes of at least 4 members (excludes halogenated alkanes) is 1. The Labute approximate surface area is 205 Å². The van der Waals surface area contributed by atoms with Gasteiger partial charge in [0.2, 0.25) is 5.91 Å². The van der Waals surface area contributed by atoms with Crippen LogP contribution in [0.1, 0.15) is 63.0 Å². The highest BCUT2D eigenvalue weighted by atomic mass is 16.5. The highest BCUT2D eigenvalue weighted by Gasteiger charge is 2.30. The van der Waals surface area contributed by atoms with Crippen LogP contribution in [0.25, 0.3) is 11.1 Å². The van der Waals surface area contributed by atoms with Gasteiger partial charge in [-0.15, -0.1) is 0 Å². The molecule has 2 atom stereocenters. The number of carboxylic acid groups (broad SMARTS) is 1. The highest BCUT2D eigenvalue weighted by Crippen LogP contribution is 2.44. The summed E-state index contributed by atoms with van der Waals surface area (Å²) in [6, 6.07) is 15.8. The average Bonchev–Trinajstić information content (AvgIpc) is 3.13. The molecule has 8 nitrogen and oxygen atoms in total. The standard InChI is InChI=1S/C27H34N2O6/c1-3-4-9-18(14-24(30)28-17-27(2,34)15-25(31)32)29-26(33)35-16-23-21-12-7-5-10-19(21)20-11-6-8-13-22(20)23/h5-8,10-13,18,23,34H,3-4,9,14-17H2,1-2H3,(H,28,30)(H,29,33)(H,31,32)/t18-,27?/m1/s1. The Morgan fingerprint density at radius 3 is 2.23 bits per heavy atom. The molecule has 2 aromatic carbocycles. The van der Waals surface area contributed by atoms with Gasteiger partial charge in [0.05, 0.1) is 12.0 Å². The van der Waals surface area contributed by atoms with Crippen molar-refractivity contribution in [2.75, 3.05) is 13.2 Å². The lowest BCUT2D eigenvalue weighted by atomic mass is 9.98. The molecule has 8 heteroatoms. The molecule has 1 aliphatic carbocycles. The fraction of sp³-hybridized carbons (Fsp3) is 0.444. The lowest BCUT2D eigenvalue weighted by Gasteiger charge is -2.23. The van der Waals surface area contributed by atoms with Crippen molar-refractivity contribution in [3.63, 3.8) is 0 Å². The molecule has 2 amide bonds. The second-order valence-corrected chi connectivity index (χ2v) is 9.36. The Balaban J connectivity index is 1.56. The fourth-order valence-corrected chi connectivity index (χ4v) is 4.46. The van der Waals surface area contributed by atoms with E-state index in [1.165, 1.54) is 6.92 Å². The van der Waals surface area contributed by atoms with Crippen LogP contribution in [0.4, 0.5) is 4.79 Å². The van der Waals surface area contributed by atoms with Crippen LogP contribution < -0.4 is 10.6 Å². The van der Waals surface area contributed by atoms with Crippen molar-refractivity contribution >= 4 is 18.0 Å². The summed E-state index contributed by atoms with van der Waals surface area (Å²) in [5, 5.41) is 24.3. The molecule has 0 heterocycles. The van der Waals surface area contributed by atoms with Crippen molar-refractivity contribution in [2.45, 2.75) is 63.5 Å².